The van der Waals surface area contributed by atoms with E-state index in [1.807, 2.05) is 6.92 Å². The molecule has 2 aromatic rings. The summed E-state index contributed by atoms with van der Waals surface area (Å²) in [5, 5.41) is 10.4. The minimum Gasteiger partial charge on any atom is -0.370 e. The van der Waals surface area contributed by atoms with Gasteiger partial charge in [-0.15, -0.1) is 0 Å². The first-order valence-corrected chi connectivity index (χ1v) is 7.83. The van der Waals surface area contributed by atoms with Crippen LogP contribution >= 0.6 is 11.6 Å². The Balaban J connectivity index is 1.65. The third-order valence-corrected chi connectivity index (χ3v) is 4.39. The number of ether oxygens (including phenoxy) is 1. The number of nitrogens with zero attached hydrogens (tertiary/aromatic N) is 3. The van der Waals surface area contributed by atoms with E-state index in [1.54, 1.807) is 6.92 Å². The molecular weight excluding hydrogens is 318 g/mol. The van der Waals surface area contributed by atoms with E-state index in [0.717, 1.165) is 17.8 Å². The van der Waals surface area contributed by atoms with Gasteiger partial charge in [0, 0.05) is 31.5 Å². The number of aromatic amines is 1. The predicted molar refractivity (Wildman–Crippen MR) is 84.2 cm³/mol. The van der Waals surface area contributed by atoms with Gasteiger partial charge in [0.2, 0.25) is 0 Å². The summed E-state index contributed by atoms with van der Waals surface area (Å²) in [6.45, 7) is 4.77. The molecule has 3 heterocycles. The van der Waals surface area contributed by atoms with Gasteiger partial charge in [-0.05, 0) is 25.8 Å². The van der Waals surface area contributed by atoms with Crippen LogP contribution in [0.15, 0.2) is 12.4 Å². The highest BCUT2D eigenvalue weighted by molar-refractivity contribution is 6.31. The van der Waals surface area contributed by atoms with E-state index in [2.05, 4.69) is 25.5 Å². The molecule has 0 bridgehead atoms. The third kappa shape index (κ3) is 3.35. The minimum absolute atomic E-state index is 0.140. The number of nitrogens with one attached hydrogen (secondary N) is 2. The third-order valence-electron chi connectivity index (χ3n) is 4.01. The molecule has 0 spiro atoms. The fraction of sp³-hybridized carbons (Fsp3) is 0.467. The number of aromatic nitrogens is 4. The van der Waals surface area contributed by atoms with E-state index in [4.69, 9.17) is 16.3 Å². The van der Waals surface area contributed by atoms with Gasteiger partial charge in [0.05, 0.1) is 10.6 Å². The number of halogens is 1. The molecule has 2 aromatic heterocycles. The van der Waals surface area contributed by atoms with Crippen molar-refractivity contribution in [1.29, 1.82) is 0 Å². The lowest BCUT2D eigenvalue weighted by molar-refractivity contribution is 0.0798. The second-order valence-corrected chi connectivity index (χ2v) is 6.03. The summed E-state index contributed by atoms with van der Waals surface area (Å²) in [4.78, 5) is 20.6. The first-order valence-electron chi connectivity index (χ1n) is 7.45. The van der Waals surface area contributed by atoms with Crippen LogP contribution in [0.5, 0.6) is 0 Å². The molecular formula is C15H18ClN5O2. The normalized spacial score (nSPS) is 20.7. The maximum absolute atomic E-state index is 12.3. The van der Waals surface area contributed by atoms with Gasteiger partial charge in [-0.2, -0.15) is 5.10 Å². The number of H-pyrrole nitrogens is 1. The first-order chi connectivity index (χ1) is 11.1. The number of pyridine rings is 1. The van der Waals surface area contributed by atoms with E-state index in [-0.39, 0.29) is 17.9 Å². The second-order valence-electron chi connectivity index (χ2n) is 5.62. The zero-order valence-electron chi connectivity index (χ0n) is 13.0. The highest BCUT2D eigenvalue weighted by atomic mass is 35.5. The molecule has 3 rings (SSSR count). The van der Waals surface area contributed by atoms with Crippen molar-refractivity contribution >= 4 is 17.5 Å². The molecule has 8 heteroatoms. The lowest BCUT2D eigenvalue weighted by atomic mass is 10.0. The Morgan fingerprint density at radius 3 is 3.04 bits per heavy atom. The van der Waals surface area contributed by atoms with Gasteiger partial charge in [0.15, 0.2) is 5.82 Å². The van der Waals surface area contributed by atoms with Crippen LogP contribution in [0.4, 0.5) is 0 Å². The van der Waals surface area contributed by atoms with E-state index >= 15 is 0 Å². The van der Waals surface area contributed by atoms with Gasteiger partial charge in [-0.3, -0.25) is 14.9 Å². The number of hydrogen-bond donors (Lipinski definition) is 2. The largest absolute Gasteiger partial charge is 0.370 e. The fourth-order valence-corrected chi connectivity index (χ4v) is 2.82. The molecule has 1 amide bonds. The Bertz CT molecular complexity index is 718. The maximum Gasteiger partial charge on any atom is 0.253 e. The molecule has 1 aliphatic heterocycles. The summed E-state index contributed by atoms with van der Waals surface area (Å²) in [5.74, 6) is 1.34. The molecule has 0 saturated carbocycles. The van der Waals surface area contributed by atoms with Crippen LogP contribution < -0.4 is 5.32 Å². The second kappa shape index (κ2) is 6.64. The standard InChI is InChI=1S/C15H18ClN5O2/c1-8-11(6-17-7-12(8)16)15(22)18-5-10-3-4-23-13(10)14-19-9(2)20-21-14/h6-7,10,13H,3-5H2,1-2H3,(H,18,22)(H,19,20,21)/t10-,13-/m0/s1. The molecule has 1 saturated heterocycles. The zero-order chi connectivity index (χ0) is 16.4. The maximum atomic E-state index is 12.3. The van der Waals surface area contributed by atoms with Crippen molar-refractivity contribution in [2.45, 2.75) is 26.4 Å². The summed E-state index contributed by atoms with van der Waals surface area (Å²) in [5.41, 5.74) is 1.21. The van der Waals surface area contributed by atoms with Gasteiger partial charge in [0.1, 0.15) is 11.9 Å². The van der Waals surface area contributed by atoms with E-state index in [1.165, 1.54) is 12.4 Å². The van der Waals surface area contributed by atoms with Crippen molar-refractivity contribution in [3.8, 4) is 0 Å². The summed E-state index contributed by atoms with van der Waals surface area (Å²) in [6.07, 6.45) is 3.71. The number of rotatable bonds is 4. The number of carbonyl (C=O) groups is 1. The van der Waals surface area contributed by atoms with Crippen LogP contribution in [0.1, 0.15) is 40.1 Å². The van der Waals surface area contributed by atoms with Crippen LogP contribution in [0.3, 0.4) is 0 Å². The molecule has 23 heavy (non-hydrogen) atoms. The Hall–Kier alpha value is -1.99. The van der Waals surface area contributed by atoms with Crippen molar-refractivity contribution in [2.24, 2.45) is 5.92 Å². The van der Waals surface area contributed by atoms with Crippen molar-refractivity contribution < 1.29 is 9.53 Å². The van der Waals surface area contributed by atoms with Gasteiger partial charge in [-0.1, -0.05) is 11.6 Å². The van der Waals surface area contributed by atoms with Crippen LogP contribution in [0.2, 0.25) is 5.02 Å². The monoisotopic (exact) mass is 335 g/mol. The molecule has 2 atom stereocenters. The lowest BCUT2D eigenvalue weighted by Gasteiger charge is -2.16. The number of amides is 1. The average Bonchev–Trinajstić information content (AvgIpc) is 3.16. The molecule has 1 aliphatic rings. The highest BCUT2D eigenvalue weighted by Crippen LogP contribution is 2.32. The Labute approximate surface area is 138 Å². The minimum atomic E-state index is -0.196. The molecule has 0 radical (unpaired) electrons. The topological polar surface area (TPSA) is 92.8 Å². The Morgan fingerprint density at radius 1 is 1.48 bits per heavy atom. The smallest absolute Gasteiger partial charge is 0.253 e. The van der Waals surface area contributed by atoms with Crippen LogP contribution in [0.25, 0.3) is 0 Å². The van der Waals surface area contributed by atoms with Gasteiger partial charge < -0.3 is 10.1 Å². The number of hydrogen-bond acceptors (Lipinski definition) is 5. The molecule has 7 nitrogen and oxygen atoms in total. The van der Waals surface area contributed by atoms with Gasteiger partial charge in [0.25, 0.3) is 5.91 Å². The Morgan fingerprint density at radius 2 is 2.30 bits per heavy atom. The van der Waals surface area contributed by atoms with Crippen molar-refractivity contribution in [3.05, 3.63) is 40.2 Å². The highest BCUT2D eigenvalue weighted by Gasteiger charge is 2.33. The van der Waals surface area contributed by atoms with Gasteiger partial charge >= 0.3 is 0 Å². The van der Waals surface area contributed by atoms with Crippen LogP contribution in [0, 0.1) is 19.8 Å². The van der Waals surface area contributed by atoms with Gasteiger partial charge in [-0.25, -0.2) is 4.98 Å². The molecule has 0 unspecified atom stereocenters. The van der Waals surface area contributed by atoms with E-state index < -0.39 is 0 Å². The van der Waals surface area contributed by atoms with Crippen molar-refractivity contribution in [2.75, 3.05) is 13.2 Å². The van der Waals surface area contributed by atoms with Crippen LogP contribution in [-0.2, 0) is 4.74 Å². The first kappa shape index (κ1) is 15.9. The molecule has 122 valence electrons. The van der Waals surface area contributed by atoms with Crippen LogP contribution in [-0.4, -0.2) is 39.2 Å². The number of carbonyl (C=O) groups excluding carboxylic acids is 1. The van der Waals surface area contributed by atoms with Crippen molar-refractivity contribution in [3.63, 3.8) is 0 Å². The predicted octanol–water partition coefficient (Wildman–Crippen LogP) is 1.98. The molecule has 2 N–H and O–H groups in total. The summed E-state index contributed by atoms with van der Waals surface area (Å²) < 4.78 is 5.72. The van der Waals surface area contributed by atoms with E-state index in [9.17, 15) is 4.79 Å². The van der Waals surface area contributed by atoms with E-state index in [0.29, 0.717) is 29.6 Å². The quantitative estimate of drug-likeness (QED) is 0.891. The lowest BCUT2D eigenvalue weighted by Crippen LogP contribution is -2.31. The molecule has 0 aliphatic carbocycles. The number of aryl methyl sites for hydroxylation is 1. The average molecular weight is 336 g/mol. The summed E-state index contributed by atoms with van der Waals surface area (Å²) >= 11 is 6.01. The van der Waals surface area contributed by atoms with Crippen molar-refractivity contribution in [1.82, 2.24) is 25.5 Å². The summed E-state index contributed by atoms with van der Waals surface area (Å²) in [6, 6.07) is 0. The zero-order valence-corrected chi connectivity index (χ0v) is 13.7. The summed E-state index contributed by atoms with van der Waals surface area (Å²) in [7, 11) is 0. The SMILES string of the molecule is Cc1nc([C@H]2OCC[C@H]2CNC(=O)c2cncc(Cl)c2C)n[nH]1. The molecule has 1 fully saturated rings. The molecule has 0 aromatic carbocycles. The fourth-order valence-electron chi connectivity index (χ4n) is 2.66. The Kier molecular flexibility index (Phi) is 4.58.